The van der Waals surface area contributed by atoms with E-state index in [2.05, 4.69) is 5.32 Å². The van der Waals surface area contributed by atoms with Crippen molar-refractivity contribution in [1.82, 2.24) is 13.7 Å². The smallest absolute Gasteiger partial charge is 0.295 e. The lowest BCUT2D eigenvalue weighted by Crippen LogP contribution is -2.32. The minimum Gasteiger partial charge on any atom is -0.316 e. The van der Waals surface area contributed by atoms with Gasteiger partial charge in [0, 0.05) is 25.7 Å². The largest absolute Gasteiger partial charge is 0.316 e. The number of aryl methyl sites for hydroxylation is 1. The van der Waals surface area contributed by atoms with Crippen molar-refractivity contribution in [3.8, 4) is 5.69 Å². The van der Waals surface area contributed by atoms with Gasteiger partial charge in [-0.3, -0.25) is 14.3 Å². The maximum atomic E-state index is 13.2. The second-order valence-corrected chi connectivity index (χ2v) is 10.6. The zero-order chi connectivity index (χ0) is 24.5. The number of nitrogens with one attached hydrogen (secondary N) is 1. The van der Waals surface area contributed by atoms with Gasteiger partial charge >= 0.3 is 0 Å². The fraction of sp³-hybridized carbons (Fsp3) is 0.360. The number of aromatic nitrogens is 2. The van der Waals surface area contributed by atoms with E-state index < -0.39 is 15.9 Å². The average molecular weight is 483 g/mol. The molecule has 3 aromatic rings. The number of nitrogens with zero attached hydrogens (tertiary/aromatic N) is 3. The number of para-hydroxylation sites is 1. The third-order valence-electron chi connectivity index (χ3n) is 6.45. The summed E-state index contributed by atoms with van der Waals surface area (Å²) >= 11 is 0. The number of carbonyl (C=O) groups is 1. The Kier molecular flexibility index (Phi) is 6.77. The van der Waals surface area contributed by atoms with E-state index >= 15 is 0 Å². The maximum absolute atomic E-state index is 13.2. The van der Waals surface area contributed by atoms with Crippen molar-refractivity contribution >= 4 is 21.6 Å². The number of hydrogen-bond donors (Lipinski definition) is 1. The summed E-state index contributed by atoms with van der Waals surface area (Å²) in [4.78, 5) is 26.5. The summed E-state index contributed by atoms with van der Waals surface area (Å²) in [7, 11) is -1.95. The Morgan fingerprint density at radius 1 is 0.941 bits per heavy atom. The number of benzene rings is 2. The highest BCUT2D eigenvalue weighted by atomic mass is 32.2. The minimum absolute atomic E-state index is 0.0941. The third-order valence-corrected chi connectivity index (χ3v) is 8.34. The van der Waals surface area contributed by atoms with Gasteiger partial charge in [-0.1, -0.05) is 37.1 Å². The molecular formula is C25H30N4O4S. The summed E-state index contributed by atoms with van der Waals surface area (Å²) in [6, 6.07) is 13.8. The summed E-state index contributed by atoms with van der Waals surface area (Å²) in [6.45, 7) is 4.47. The van der Waals surface area contributed by atoms with Crippen LogP contribution in [0, 0.1) is 13.8 Å². The SMILES string of the molecule is Cc1ccc(S(=O)(=O)N2CCCCCC2)cc1C(=O)Nc1c(C)n(C)n(-c2ccccc2)c1=O. The van der Waals surface area contributed by atoms with Crippen molar-refractivity contribution in [3.63, 3.8) is 0 Å². The third kappa shape index (κ3) is 4.45. The van der Waals surface area contributed by atoms with Crippen molar-refractivity contribution in [2.75, 3.05) is 18.4 Å². The molecule has 0 spiro atoms. The Balaban J connectivity index is 1.67. The van der Waals surface area contributed by atoms with Crippen molar-refractivity contribution < 1.29 is 13.2 Å². The van der Waals surface area contributed by atoms with Gasteiger partial charge in [0.05, 0.1) is 16.3 Å². The molecule has 0 saturated carbocycles. The zero-order valence-corrected chi connectivity index (χ0v) is 20.6. The first-order valence-electron chi connectivity index (χ1n) is 11.5. The van der Waals surface area contributed by atoms with Crippen LogP contribution in [0.5, 0.6) is 0 Å². The van der Waals surface area contributed by atoms with Gasteiger partial charge < -0.3 is 5.32 Å². The molecule has 1 aliphatic rings. The molecule has 0 radical (unpaired) electrons. The number of amides is 1. The van der Waals surface area contributed by atoms with E-state index in [1.54, 1.807) is 37.7 Å². The lowest BCUT2D eigenvalue weighted by molar-refractivity contribution is 0.102. The first-order valence-corrected chi connectivity index (χ1v) is 12.9. The Labute approximate surface area is 199 Å². The van der Waals surface area contributed by atoms with Gasteiger partial charge in [0.25, 0.3) is 11.5 Å². The molecule has 2 aromatic carbocycles. The predicted octanol–water partition coefficient (Wildman–Crippen LogP) is 3.61. The molecule has 34 heavy (non-hydrogen) atoms. The van der Waals surface area contributed by atoms with Crippen LogP contribution in [0.2, 0.25) is 0 Å². The van der Waals surface area contributed by atoms with Gasteiger partial charge in [-0.15, -0.1) is 0 Å². The quantitative estimate of drug-likeness (QED) is 0.601. The Bertz CT molecular complexity index is 1370. The molecule has 0 unspecified atom stereocenters. The number of anilines is 1. The normalized spacial score (nSPS) is 15.1. The fourth-order valence-electron chi connectivity index (χ4n) is 4.33. The van der Waals surface area contributed by atoms with E-state index in [9.17, 15) is 18.0 Å². The number of rotatable bonds is 5. The van der Waals surface area contributed by atoms with Gasteiger partial charge in [0.15, 0.2) is 0 Å². The minimum atomic E-state index is -3.70. The van der Waals surface area contributed by atoms with E-state index in [1.807, 2.05) is 30.3 Å². The van der Waals surface area contributed by atoms with E-state index in [1.165, 1.54) is 15.1 Å². The molecule has 8 nitrogen and oxygen atoms in total. The van der Waals surface area contributed by atoms with E-state index in [-0.39, 0.29) is 21.7 Å². The number of sulfonamides is 1. The molecule has 0 atom stereocenters. The van der Waals surface area contributed by atoms with Crippen LogP contribution in [-0.4, -0.2) is 41.1 Å². The monoisotopic (exact) mass is 482 g/mol. The summed E-state index contributed by atoms with van der Waals surface area (Å²) in [5.74, 6) is -0.517. The van der Waals surface area contributed by atoms with Crippen LogP contribution < -0.4 is 10.9 Å². The van der Waals surface area contributed by atoms with Gasteiger partial charge in [0.1, 0.15) is 5.69 Å². The topological polar surface area (TPSA) is 93.4 Å². The van der Waals surface area contributed by atoms with Crippen molar-refractivity contribution in [2.24, 2.45) is 7.05 Å². The highest BCUT2D eigenvalue weighted by Crippen LogP contribution is 2.24. The zero-order valence-electron chi connectivity index (χ0n) is 19.7. The van der Waals surface area contributed by atoms with Gasteiger partial charge in [-0.25, -0.2) is 13.1 Å². The molecule has 0 bridgehead atoms. The molecule has 0 aliphatic carbocycles. The molecule has 1 aromatic heterocycles. The van der Waals surface area contributed by atoms with Gasteiger partial charge in [-0.05, 0) is 56.5 Å². The van der Waals surface area contributed by atoms with Crippen LogP contribution in [0.4, 0.5) is 5.69 Å². The molecule has 180 valence electrons. The number of carbonyl (C=O) groups excluding carboxylic acids is 1. The van der Waals surface area contributed by atoms with Crippen LogP contribution >= 0.6 is 0 Å². The highest BCUT2D eigenvalue weighted by Gasteiger charge is 2.27. The second kappa shape index (κ2) is 9.60. The molecule has 1 aliphatic heterocycles. The maximum Gasteiger partial charge on any atom is 0.295 e. The summed E-state index contributed by atoms with van der Waals surface area (Å²) < 4.78 is 31.1. The standard InChI is InChI=1S/C25H30N4O4S/c1-18-13-14-21(34(32,33)28-15-9-4-5-10-16-28)17-22(18)24(30)26-23-19(2)27(3)29(25(23)31)20-11-7-6-8-12-20/h6-8,11-14,17H,4-5,9-10,15-16H2,1-3H3,(H,26,30). The molecule has 2 heterocycles. The fourth-order valence-corrected chi connectivity index (χ4v) is 5.87. The van der Waals surface area contributed by atoms with Gasteiger partial charge in [0.2, 0.25) is 10.0 Å². The average Bonchev–Trinajstić information content (AvgIpc) is 3.03. The molecule has 1 fully saturated rings. The molecular weight excluding hydrogens is 452 g/mol. The molecule has 1 saturated heterocycles. The van der Waals surface area contributed by atoms with E-state index in [0.29, 0.717) is 30.0 Å². The summed E-state index contributed by atoms with van der Waals surface area (Å²) in [6.07, 6.45) is 3.70. The lowest BCUT2D eigenvalue weighted by Gasteiger charge is -2.20. The van der Waals surface area contributed by atoms with Crippen LogP contribution in [0.25, 0.3) is 5.69 Å². The van der Waals surface area contributed by atoms with Crippen molar-refractivity contribution in [1.29, 1.82) is 0 Å². The molecule has 1 N–H and O–H groups in total. The lowest BCUT2D eigenvalue weighted by atomic mass is 10.1. The molecule has 1 amide bonds. The predicted molar refractivity (Wildman–Crippen MR) is 132 cm³/mol. The van der Waals surface area contributed by atoms with E-state index in [0.717, 1.165) is 25.7 Å². The van der Waals surface area contributed by atoms with Crippen LogP contribution in [0.3, 0.4) is 0 Å². The van der Waals surface area contributed by atoms with Crippen LogP contribution in [0.1, 0.15) is 47.3 Å². The van der Waals surface area contributed by atoms with Gasteiger partial charge in [-0.2, -0.15) is 4.31 Å². The molecule has 9 heteroatoms. The first kappa shape index (κ1) is 24.0. The van der Waals surface area contributed by atoms with Crippen LogP contribution in [0.15, 0.2) is 58.2 Å². The van der Waals surface area contributed by atoms with Crippen LogP contribution in [-0.2, 0) is 17.1 Å². The highest BCUT2D eigenvalue weighted by molar-refractivity contribution is 7.89. The Hall–Kier alpha value is -3.17. The molecule has 4 rings (SSSR count). The van der Waals surface area contributed by atoms with Crippen molar-refractivity contribution in [3.05, 3.63) is 75.7 Å². The summed E-state index contributed by atoms with van der Waals surface area (Å²) in [5, 5.41) is 2.73. The van der Waals surface area contributed by atoms with Crippen molar-refractivity contribution in [2.45, 2.75) is 44.4 Å². The van der Waals surface area contributed by atoms with E-state index in [4.69, 9.17) is 0 Å². The Morgan fingerprint density at radius 2 is 1.59 bits per heavy atom. The Morgan fingerprint density at radius 3 is 2.24 bits per heavy atom. The number of hydrogen-bond acceptors (Lipinski definition) is 4. The second-order valence-electron chi connectivity index (χ2n) is 8.69. The first-order chi connectivity index (χ1) is 16.2. The summed E-state index contributed by atoms with van der Waals surface area (Å²) in [5.41, 5.74) is 1.93.